The van der Waals surface area contributed by atoms with E-state index in [0.29, 0.717) is 22.4 Å². The van der Waals surface area contributed by atoms with Gasteiger partial charge in [-0.15, -0.1) is 11.3 Å². The molecule has 0 unspecified atom stereocenters. The number of rotatable bonds is 5. The predicted molar refractivity (Wildman–Crippen MR) is 77.9 cm³/mol. The van der Waals surface area contributed by atoms with Gasteiger partial charge in [0, 0.05) is 21.3 Å². The Bertz CT molecular complexity index is 527. The maximum atomic E-state index is 6.03. The van der Waals surface area contributed by atoms with Crippen molar-refractivity contribution in [2.45, 2.75) is 13.2 Å². The number of hydrogen-bond acceptors (Lipinski definition) is 3. The fourth-order valence-corrected chi connectivity index (χ4v) is 2.92. The normalized spacial score (nSPS) is 10.6. The van der Waals surface area contributed by atoms with E-state index in [1.165, 1.54) is 9.75 Å². The van der Waals surface area contributed by atoms with Gasteiger partial charge in [0.25, 0.3) is 0 Å². The summed E-state index contributed by atoms with van der Waals surface area (Å²) in [5, 5.41) is 4.27. The second-order valence-electron chi connectivity index (χ2n) is 3.76. The van der Waals surface area contributed by atoms with Crippen molar-refractivity contribution in [2.75, 3.05) is 7.05 Å². The van der Waals surface area contributed by atoms with Crippen molar-refractivity contribution in [2.24, 2.45) is 0 Å². The molecule has 1 heterocycles. The molecule has 0 saturated carbocycles. The van der Waals surface area contributed by atoms with Crippen molar-refractivity contribution < 1.29 is 4.74 Å². The van der Waals surface area contributed by atoms with Gasteiger partial charge < -0.3 is 10.1 Å². The standard InChI is InChI=1S/C13H13Cl2NOS/c1-16-7-10-3-4-11(18-10)8-17-13-5-2-9(14)6-12(13)15/h2-6,16H,7-8H2,1H3. The minimum Gasteiger partial charge on any atom is -0.487 e. The minimum absolute atomic E-state index is 0.524. The third-order valence-corrected chi connectivity index (χ3v) is 3.92. The minimum atomic E-state index is 0.524. The van der Waals surface area contributed by atoms with Crippen LogP contribution in [0.1, 0.15) is 9.75 Å². The number of hydrogen-bond donors (Lipinski definition) is 1. The SMILES string of the molecule is CNCc1ccc(COc2ccc(Cl)cc2Cl)s1. The molecule has 1 aromatic heterocycles. The first-order chi connectivity index (χ1) is 8.69. The third-order valence-electron chi connectivity index (χ3n) is 2.33. The van der Waals surface area contributed by atoms with E-state index in [9.17, 15) is 0 Å². The summed E-state index contributed by atoms with van der Waals surface area (Å²) >= 11 is 13.6. The highest BCUT2D eigenvalue weighted by Gasteiger charge is 2.04. The van der Waals surface area contributed by atoms with Crippen LogP contribution in [0.3, 0.4) is 0 Å². The van der Waals surface area contributed by atoms with Crippen LogP contribution >= 0.6 is 34.5 Å². The van der Waals surface area contributed by atoms with Gasteiger partial charge in [-0.2, -0.15) is 0 Å². The summed E-state index contributed by atoms with van der Waals surface area (Å²) in [6, 6.07) is 9.40. The quantitative estimate of drug-likeness (QED) is 0.886. The largest absolute Gasteiger partial charge is 0.487 e. The van der Waals surface area contributed by atoms with Crippen LogP contribution < -0.4 is 10.1 Å². The molecule has 0 bridgehead atoms. The van der Waals surface area contributed by atoms with Gasteiger partial charge in [-0.1, -0.05) is 23.2 Å². The lowest BCUT2D eigenvalue weighted by Gasteiger charge is -2.06. The van der Waals surface area contributed by atoms with Gasteiger partial charge in [-0.25, -0.2) is 0 Å². The van der Waals surface area contributed by atoms with E-state index in [-0.39, 0.29) is 0 Å². The highest BCUT2D eigenvalue weighted by molar-refractivity contribution is 7.11. The van der Waals surface area contributed by atoms with Gasteiger partial charge in [-0.05, 0) is 37.4 Å². The molecule has 0 aliphatic heterocycles. The van der Waals surface area contributed by atoms with E-state index in [1.54, 1.807) is 29.5 Å². The number of halogens is 2. The van der Waals surface area contributed by atoms with Crippen molar-refractivity contribution >= 4 is 34.5 Å². The molecule has 0 saturated heterocycles. The molecule has 5 heteroatoms. The Morgan fingerprint density at radius 3 is 2.67 bits per heavy atom. The predicted octanol–water partition coefficient (Wildman–Crippen LogP) is 4.35. The Morgan fingerprint density at radius 2 is 1.94 bits per heavy atom. The maximum Gasteiger partial charge on any atom is 0.138 e. The molecule has 0 aliphatic rings. The molecule has 1 N–H and O–H groups in total. The Kier molecular flexibility index (Phi) is 4.89. The molecule has 0 fully saturated rings. The molecule has 2 rings (SSSR count). The highest BCUT2D eigenvalue weighted by atomic mass is 35.5. The van der Waals surface area contributed by atoms with E-state index >= 15 is 0 Å². The first-order valence-corrected chi connectivity index (χ1v) is 7.06. The number of benzene rings is 1. The first-order valence-electron chi connectivity index (χ1n) is 5.49. The molecular weight excluding hydrogens is 289 g/mol. The van der Waals surface area contributed by atoms with Gasteiger partial charge >= 0.3 is 0 Å². The molecule has 0 atom stereocenters. The number of ether oxygens (including phenoxy) is 1. The smallest absolute Gasteiger partial charge is 0.138 e. The topological polar surface area (TPSA) is 21.3 Å². The molecule has 0 radical (unpaired) electrons. The van der Waals surface area contributed by atoms with Gasteiger partial charge in [0.1, 0.15) is 12.4 Å². The lowest BCUT2D eigenvalue weighted by Crippen LogP contribution is -2.02. The van der Waals surface area contributed by atoms with Crippen molar-refractivity contribution in [1.29, 1.82) is 0 Å². The summed E-state index contributed by atoms with van der Waals surface area (Å²) in [6.07, 6.45) is 0. The van der Waals surface area contributed by atoms with Crippen molar-refractivity contribution in [3.63, 3.8) is 0 Å². The average molecular weight is 302 g/mol. The van der Waals surface area contributed by atoms with Crippen LogP contribution in [-0.4, -0.2) is 7.05 Å². The van der Waals surface area contributed by atoms with Gasteiger partial charge in [0.15, 0.2) is 0 Å². The Balaban J connectivity index is 1.97. The fourth-order valence-electron chi connectivity index (χ4n) is 1.51. The fraction of sp³-hybridized carbons (Fsp3) is 0.231. The molecule has 2 aromatic rings. The third kappa shape index (κ3) is 3.62. The summed E-state index contributed by atoms with van der Waals surface area (Å²) in [4.78, 5) is 2.46. The number of nitrogens with one attached hydrogen (secondary N) is 1. The second-order valence-corrected chi connectivity index (χ2v) is 5.86. The molecule has 18 heavy (non-hydrogen) atoms. The molecule has 1 aromatic carbocycles. The van der Waals surface area contributed by atoms with Gasteiger partial charge in [-0.3, -0.25) is 0 Å². The highest BCUT2D eigenvalue weighted by Crippen LogP contribution is 2.28. The van der Waals surface area contributed by atoms with Gasteiger partial charge in [0.05, 0.1) is 5.02 Å². The lowest BCUT2D eigenvalue weighted by molar-refractivity contribution is 0.310. The van der Waals surface area contributed by atoms with E-state index in [4.69, 9.17) is 27.9 Å². The summed E-state index contributed by atoms with van der Waals surface area (Å²) in [5.41, 5.74) is 0. The Hall–Kier alpha value is -0.740. The Morgan fingerprint density at radius 1 is 1.17 bits per heavy atom. The Labute approximate surface area is 120 Å². The lowest BCUT2D eigenvalue weighted by atomic mass is 10.3. The van der Waals surface area contributed by atoms with Crippen molar-refractivity contribution in [1.82, 2.24) is 5.32 Å². The molecule has 0 spiro atoms. The monoisotopic (exact) mass is 301 g/mol. The van der Waals surface area contributed by atoms with E-state index in [0.717, 1.165) is 6.54 Å². The van der Waals surface area contributed by atoms with Crippen LogP contribution in [0.4, 0.5) is 0 Å². The van der Waals surface area contributed by atoms with Crippen LogP contribution in [0.25, 0.3) is 0 Å². The van der Waals surface area contributed by atoms with Crippen LogP contribution in [0.5, 0.6) is 5.75 Å². The van der Waals surface area contributed by atoms with E-state index in [1.807, 2.05) is 7.05 Å². The summed E-state index contributed by atoms with van der Waals surface area (Å²) in [6.45, 7) is 1.40. The summed E-state index contributed by atoms with van der Waals surface area (Å²) < 4.78 is 5.67. The second kappa shape index (κ2) is 6.43. The molecular formula is C13H13Cl2NOS. The van der Waals surface area contributed by atoms with Crippen LogP contribution in [0.15, 0.2) is 30.3 Å². The average Bonchev–Trinajstić information content (AvgIpc) is 2.76. The molecule has 96 valence electrons. The first kappa shape index (κ1) is 13.7. The zero-order valence-electron chi connectivity index (χ0n) is 9.87. The van der Waals surface area contributed by atoms with Gasteiger partial charge in [0.2, 0.25) is 0 Å². The zero-order valence-corrected chi connectivity index (χ0v) is 12.2. The molecule has 2 nitrogen and oxygen atoms in total. The van der Waals surface area contributed by atoms with Crippen molar-refractivity contribution in [3.05, 3.63) is 50.1 Å². The zero-order chi connectivity index (χ0) is 13.0. The van der Waals surface area contributed by atoms with Crippen LogP contribution in [0, 0.1) is 0 Å². The van der Waals surface area contributed by atoms with Crippen LogP contribution in [0.2, 0.25) is 10.0 Å². The maximum absolute atomic E-state index is 6.03. The van der Waals surface area contributed by atoms with Crippen molar-refractivity contribution in [3.8, 4) is 5.75 Å². The van der Waals surface area contributed by atoms with Crippen LogP contribution in [-0.2, 0) is 13.2 Å². The van der Waals surface area contributed by atoms with E-state index < -0.39 is 0 Å². The number of thiophene rings is 1. The van der Waals surface area contributed by atoms with E-state index in [2.05, 4.69) is 17.4 Å². The summed E-state index contributed by atoms with van der Waals surface area (Å²) in [7, 11) is 1.93. The summed E-state index contributed by atoms with van der Waals surface area (Å²) in [5.74, 6) is 0.657. The molecule has 0 aliphatic carbocycles. The molecule has 0 amide bonds.